The highest BCUT2D eigenvalue weighted by molar-refractivity contribution is 6.30. The Bertz CT molecular complexity index is 692. The molecule has 4 nitrogen and oxygen atoms in total. The first kappa shape index (κ1) is 13.9. The van der Waals surface area contributed by atoms with E-state index in [0.29, 0.717) is 28.1 Å². The Balaban J connectivity index is 1.76. The zero-order valence-electron chi connectivity index (χ0n) is 11.3. The number of hydrogen-bond donors (Lipinski definition) is 1. The van der Waals surface area contributed by atoms with Crippen molar-refractivity contribution in [2.24, 2.45) is 0 Å². The van der Waals surface area contributed by atoms with Crippen LogP contribution in [0.15, 0.2) is 36.7 Å². The molecule has 0 radical (unpaired) electrons. The summed E-state index contributed by atoms with van der Waals surface area (Å²) in [7, 11) is 0. The molecule has 0 atom stereocenters. The van der Waals surface area contributed by atoms with E-state index < -0.39 is 0 Å². The van der Waals surface area contributed by atoms with Gasteiger partial charge < -0.3 is 10.1 Å². The van der Waals surface area contributed by atoms with Crippen LogP contribution in [-0.2, 0) is 6.54 Å². The second-order valence-electron chi connectivity index (χ2n) is 5.04. The molecule has 0 spiro atoms. The van der Waals surface area contributed by atoms with Crippen molar-refractivity contribution < 1.29 is 4.74 Å². The molecule has 0 aliphatic heterocycles. The van der Waals surface area contributed by atoms with E-state index in [1.165, 1.54) is 19.0 Å². The topological polar surface area (TPSA) is 57.9 Å². The molecule has 3 rings (SSSR count). The highest BCUT2D eigenvalue weighted by Crippen LogP contribution is 2.27. The zero-order valence-corrected chi connectivity index (χ0v) is 12.1. The normalized spacial score (nSPS) is 13.7. The SMILES string of the molecule is N#Cc1cc(CNC2CC2)ccc1Oc1cncc(Cl)c1. The molecule has 0 saturated heterocycles. The standard InChI is InChI=1S/C16H14ClN3O/c17-13-6-15(10-19-9-13)21-16-4-1-11(5-12(16)7-18)8-20-14-2-3-14/h1,4-6,9-10,14,20H,2-3,8H2. The summed E-state index contributed by atoms with van der Waals surface area (Å²) < 4.78 is 5.68. The maximum Gasteiger partial charge on any atom is 0.147 e. The largest absolute Gasteiger partial charge is 0.454 e. The number of rotatable bonds is 5. The van der Waals surface area contributed by atoms with Gasteiger partial charge in [-0.05, 0) is 30.5 Å². The first-order chi connectivity index (χ1) is 10.2. The van der Waals surface area contributed by atoms with E-state index in [0.717, 1.165) is 12.1 Å². The molecule has 106 valence electrons. The molecular formula is C16H14ClN3O. The van der Waals surface area contributed by atoms with E-state index in [1.54, 1.807) is 12.3 Å². The van der Waals surface area contributed by atoms with Crippen molar-refractivity contribution in [1.82, 2.24) is 10.3 Å². The lowest BCUT2D eigenvalue weighted by molar-refractivity contribution is 0.478. The van der Waals surface area contributed by atoms with E-state index >= 15 is 0 Å². The number of nitrogens with zero attached hydrogens (tertiary/aromatic N) is 2. The summed E-state index contributed by atoms with van der Waals surface area (Å²) in [4.78, 5) is 3.96. The van der Waals surface area contributed by atoms with Gasteiger partial charge in [0.2, 0.25) is 0 Å². The van der Waals surface area contributed by atoms with Gasteiger partial charge in [-0.25, -0.2) is 0 Å². The molecule has 2 aromatic rings. The van der Waals surface area contributed by atoms with Gasteiger partial charge >= 0.3 is 0 Å². The van der Waals surface area contributed by atoms with E-state index in [1.807, 2.05) is 18.2 Å². The number of ether oxygens (including phenoxy) is 1. The average Bonchev–Trinajstić information content (AvgIpc) is 3.30. The zero-order chi connectivity index (χ0) is 14.7. The summed E-state index contributed by atoms with van der Waals surface area (Å²) in [6.07, 6.45) is 5.59. The number of hydrogen-bond acceptors (Lipinski definition) is 4. The molecule has 1 fully saturated rings. The van der Waals surface area contributed by atoms with Gasteiger partial charge in [-0.3, -0.25) is 4.98 Å². The van der Waals surface area contributed by atoms with Gasteiger partial charge in [-0.1, -0.05) is 17.7 Å². The summed E-state index contributed by atoms with van der Waals surface area (Å²) >= 11 is 5.87. The van der Waals surface area contributed by atoms with Crippen LogP contribution in [0, 0.1) is 11.3 Å². The van der Waals surface area contributed by atoms with Crippen LogP contribution in [0.25, 0.3) is 0 Å². The highest BCUT2D eigenvalue weighted by atomic mass is 35.5. The fourth-order valence-electron chi connectivity index (χ4n) is 1.99. The van der Waals surface area contributed by atoms with Gasteiger partial charge in [0.1, 0.15) is 17.6 Å². The third-order valence-corrected chi connectivity index (χ3v) is 3.45. The molecule has 0 unspecified atom stereocenters. The maximum absolute atomic E-state index is 9.27. The van der Waals surface area contributed by atoms with Crippen molar-refractivity contribution in [3.63, 3.8) is 0 Å². The Labute approximate surface area is 128 Å². The predicted octanol–water partition coefficient (Wildman–Crippen LogP) is 3.65. The fraction of sp³-hybridized carbons (Fsp3) is 0.250. The molecule has 1 saturated carbocycles. The smallest absolute Gasteiger partial charge is 0.147 e. The number of benzene rings is 1. The first-order valence-corrected chi connectivity index (χ1v) is 7.17. The van der Waals surface area contributed by atoms with Crippen molar-refractivity contribution in [2.75, 3.05) is 0 Å². The van der Waals surface area contributed by atoms with Gasteiger partial charge in [0.05, 0.1) is 16.8 Å². The van der Waals surface area contributed by atoms with Crippen molar-refractivity contribution in [3.8, 4) is 17.6 Å². The average molecular weight is 300 g/mol. The lowest BCUT2D eigenvalue weighted by Crippen LogP contribution is -2.15. The van der Waals surface area contributed by atoms with Gasteiger partial charge in [0.15, 0.2) is 0 Å². The second-order valence-corrected chi connectivity index (χ2v) is 5.47. The molecule has 1 N–H and O–H groups in total. The Hall–Kier alpha value is -2.09. The molecular weight excluding hydrogens is 286 g/mol. The Kier molecular flexibility index (Phi) is 4.05. The van der Waals surface area contributed by atoms with Crippen LogP contribution < -0.4 is 10.1 Å². The summed E-state index contributed by atoms with van der Waals surface area (Å²) in [6.45, 7) is 0.776. The summed E-state index contributed by atoms with van der Waals surface area (Å²) in [6, 6.07) is 10.1. The minimum Gasteiger partial charge on any atom is -0.454 e. The molecule has 0 bridgehead atoms. The third kappa shape index (κ3) is 3.72. The Morgan fingerprint density at radius 2 is 2.19 bits per heavy atom. The van der Waals surface area contributed by atoms with Gasteiger partial charge in [-0.15, -0.1) is 0 Å². The Morgan fingerprint density at radius 1 is 1.33 bits per heavy atom. The molecule has 1 aromatic carbocycles. The summed E-state index contributed by atoms with van der Waals surface area (Å²) in [5, 5.41) is 13.2. The predicted molar refractivity (Wildman–Crippen MR) is 80.3 cm³/mol. The Morgan fingerprint density at radius 3 is 2.90 bits per heavy atom. The van der Waals surface area contributed by atoms with E-state index in [-0.39, 0.29) is 0 Å². The lowest BCUT2D eigenvalue weighted by atomic mass is 10.1. The van der Waals surface area contributed by atoms with Gasteiger partial charge in [0.25, 0.3) is 0 Å². The van der Waals surface area contributed by atoms with Crippen LogP contribution in [0.5, 0.6) is 11.5 Å². The van der Waals surface area contributed by atoms with Crippen molar-refractivity contribution >= 4 is 11.6 Å². The lowest BCUT2D eigenvalue weighted by Gasteiger charge is -2.09. The van der Waals surface area contributed by atoms with E-state index in [4.69, 9.17) is 16.3 Å². The number of halogens is 1. The van der Waals surface area contributed by atoms with Crippen LogP contribution in [0.3, 0.4) is 0 Å². The molecule has 5 heteroatoms. The minimum absolute atomic E-state index is 0.497. The molecule has 1 aliphatic carbocycles. The fourth-order valence-corrected chi connectivity index (χ4v) is 2.15. The van der Waals surface area contributed by atoms with Crippen LogP contribution in [-0.4, -0.2) is 11.0 Å². The van der Waals surface area contributed by atoms with Crippen molar-refractivity contribution in [3.05, 3.63) is 52.8 Å². The van der Waals surface area contributed by atoms with E-state index in [2.05, 4.69) is 16.4 Å². The monoisotopic (exact) mass is 299 g/mol. The van der Waals surface area contributed by atoms with Crippen molar-refractivity contribution in [2.45, 2.75) is 25.4 Å². The van der Waals surface area contributed by atoms with Crippen LogP contribution in [0.2, 0.25) is 5.02 Å². The van der Waals surface area contributed by atoms with E-state index in [9.17, 15) is 5.26 Å². The molecule has 1 heterocycles. The minimum atomic E-state index is 0.497. The number of aromatic nitrogens is 1. The highest BCUT2D eigenvalue weighted by Gasteiger charge is 2.20. The number of nitriles is 1. The molecule has 1 aliphatic rings. The van der Waals surface area contributed by atoms with Gasteiger partial charge in [0, 0.05) is 24.8 Å². The van der Waals surface area contributed by atoms with Crippen LogP contribution >= 0.6 is 11.6 Å². The molecule has 1 aromatic heterocycles. The number of nitrogens with one attached hydrogen (secondary N) is 1. The molecule has 0 amide bonds. The number of pyridine rings is 1. The van der Waals surface area contributed by atoms with Crippen molar-refractivity contribution in [1.29, 1.82) is 5.26 Å². The summed E-state index contributed by atoms with van der Waals surface area (Å²) in [5.74, 6) is 1.03. The molecule has 21 heavy (non-hydrogen) atoms. The first-order valence-electron chi connectivity index (χ1n) is 6.79. The van der Waals surface area contributed by atoms with Gasteiger partial charge in [-0.2, -0.15) is 5.26 Å². The third-order valence-electron chi connectivity index (χ3n) is 3.24. The maximum atomic E-state index is 9.27. The quantitative estimate of drug-likeness (QED) is 0.915. The van der Waals surface area contributed by atoms with Crippen LogP contribution in [0.1, 0.15) is 24.0 Å². The summed E-state index contributed by atoms with van der Waals surface area (Å²) in [5.41, 5.74) is 1.58. The van der Waals surface area contributed by atoms with Crippen LogP contribution in [0.4, 0.5) is 0 Å². The second kappa shape index (κ2) is 6.13.